The number of hydrogen-bond donors (Lipinski definition) is 1. The summed E-state index contributed by atoms with van der Waals surface area (Å²) in [4.78, 5) is 16.7. The van der Waals surface area contributed by atoms with Crippen LogP contribution in [0.3, 0.4) is 0 Å². The fraction of sp³-hybridized carbons (Fsp3) is 0.938. The molecule has 0 aromatic rings. The van der Waals surface area contributed by atoms with Crippen LogP contribution in [0.25, 0.3) is 0 Å². The lowest BCUT2D eigenvalue weighted by Gasteiger charge is -2.37. The first kappa shape index (κ1) is 16.7. The summed E-state index contributed by atoms with van der Waals surface area (Å²) in [7, 11) is 0. The fourth-order valence-corrected chi connectivity index (χ4v) is 3.36. The van der Waals surface area contributed by atoms with Gasteiger partial charge in [0.05, 0.1) is 12.7 Å². The van der Waals surface area contributed by atoms with Crippen LogP contribution in [-0.4, -0.2) is 72.9 Å². The fourth-order valence-electron chi connectivity index (χ4n) is 3.36. The Morgan fingerprint density at radius 1 is 1.19 bits per heavy atom. The zero-order valence-electron chi connectivity index (χ0n) is 13.3. The Hall–Kier alpha value is -0.650. The van der Waals surface area contributed by atoms with Gasteiger partial charge < -0.3 is 14.7 Å². The normalized spacial score (nSPS) is 23.2. The lowest BCUT2D eigenvalue weighted by Crippen LogP contribution is -2.52. The van der Waals surface area contributed by atoms with Crippen molar-refractivity contribution in [3.05, 3.63) is 0 Å². The highest BCUT2D eigenvalue weighted by atomic mass is 16.5. The predicted molar refractivity (Wildman–Crippen MR) is 82.1 cm³/mol. The standard InChI is InChI=1S/C16H30N2O3/c1-2-21-13-15(19)12-17-8-10-18(11-9-17)16(20)14-6-4-3-5-7-14/h14-15,19H,2-13H2,1H3/t15-/m0/s1. The second kappa shape index (κ2) is 8.71. The minimum atomic E-state index is -0.425. The van der Waals surface area contributed by atoms with E-state index in [0.29, 0.717) is 25.7 Å². The van der Waals surface area contributed by atoms with E-state index in [-0.39, 0.29) is 5.92 Å². The quantitative estimate of drug-likeness (QED) is 0.798. The van der Waals surface area contributed by atoms with Crippen molar-refractivity contribution < 1.29 is 14.6 Å². The molecule has 2 rings (SSSR count). The maximum atomic E-state index is 12.5. The maximum Gasteiger partial charge on any atom is 0.225 e. The van der Waals surface area contributed by atoms with E-state index in [1.807, 2.05) is 11.8 Å². The summed E-state index contributed by atoms with van der Waals surface area (Å²) in [6, 6.07) is 0. The Morgan fingerprint density at radius 3 is 2.48 bits per heavy atom. The predicted octanol–water partition coefficient (Wildman–Crippen LogP) is 1.11. The summed E-state index contributed by atoms with van der Waals surface area (Å²) >= 11 is 0. The molecule has 1 aliphatic carbocycles. The average Bonchev–Trinajstić information content (AvgIpc) is 2.54. The first-order valence-corrected chi connectivity index (χ1v) is 8.47. The van der Waals surface area contributed by atoms with E-state index < -0.39 is 6.10 Å². The average molecular weight is 298 g/mol. The van der Waals surface area contributed by atoms with Gasteiger partial charge in [-0.25, -0.2) is 0 Å². The molecule has 0 aromatic heterocycles. The molecule has 2 fully saturated rings. The number of rotatable bonds is 6. The van der Waals surface area contributed by atoms with Gasteiger partial charge in [0, 0.05) is 45.2 Å². The van der Waals surface area contributed by atoms with Crippen molar-refractivity contribution in [3.63, 3.8) is 0 Å². The van der Waals surface area contributed by atoms with Crippen molar-refractivity contribution in [2.24, 2.45) is 5.92 Å². The van der Waals surface area contributed by atoms with Crippen LogP contribution in [0.4, 0.5) is 0 Å². The van der Waals surface area contributed by atoms with Crippen LogP contribution in [0.2, 0.25) is 0 Å². The van der Waals surface area contributed by atoms with Gasteiger partial charge >= 0.3 is 0 Å². The summed E-state index contributed by atoms with van der Waals surface area (Å²) < 4.78 is 5.23. The van der Waals surface area contributed by atoms with E-state index in [9.17, 15) is 9.90 Å². The molecule has 5 heteroatoms. The molecular weight excluding hydrogens is 268 g/mol. The molecule has 1 atom stereocenters. The van der Waals surface area contributed by atoms with E-state index in [0.717, 1.165) is 39.0 Å². The number of carbonyl (C=O) groups excluding carboxylic acids is 1. The molecule has 0 unspecified atom stereocenters. The molecule has 0 bridgehead atoms. The van der Waals surface area contributed by atoms with Gasteiger partial charge in [-0.1, -0.05) is 19.3 Å². The molecule has 2 aliphatic rings. The second-order valence-corrected chi connectivity index (χ2v) is 6.27. The Balaban J connectivity index is 1.68. The van der Waals surface area contributed by atoms with E-state index in [4.69, 9.17) is 4.74 Å². The highest BCUT2D eigenvalue weighted by Crippen LogP contribution is 2.25. The Kier molecular flexibility index (Phi) is 6.93. The second-order valence-electron chi connectivity index (χ2n) is 6.27. The highest BCUT2D eigenvalue weighted by molar-refractivity contribution is 5.79. The maximum absolute atomic E-state index is 12.5. The van der Waals surface area contributed by atoms with E-state index in [2.05, 4.69) is 4.90 Å². The van der Waals surface area contributed by atoms with Crippen LogP contribution in [-0.2, 0) is 9.53 Å². The van der Waals surface area contributed by atoms with Gasteiger partial charge in [-0.2, -0.15) is 0 Å². The number of ether oxygens (including phenoxy) is 1. The van der Waals surface area contributed by atoms with Gasteiger partial charge in [0.1, 0.15) is 0 Å². The van der Waals surface area contributed by atoms with Gasteiger partial charge in [-0.05, 0) is 19.8 Å². The highest BCUT2D eigenvalue weighted by Gasteiger charge is 2.28. The lowest BCUT2D eigenvalue weighted by atomic mass is 9.88. The number of aliphatic hydroxyl groups is 1. The van der Waals surface area contributed by atoms with E-state index >= 15 is 0 Å². The van der Waals surface area contributed by atoms with Crippen LogP contribution < -0.4 is 0 Å². The van der Waals surface area contributed by atoms with Gasteiger partial charge in [0.2, 0.25) is 5.91 Å². The summed E-state index contributed by atoms with van der Waals surface area (Å²) in [6.07, 6.45) is 5.43. The van der Waals surface area contributed by atoms with Crippen molar-refractivity contribution in [2.75, 3.05) is 45.9 Å². The third-order valence-electron chi connectivity index (χ3n) is 4.62. The Morgan fingerprint density at radius 2 is 1.86 bits per heavy atom. The molecular formula is C16H30N2O3. The molecule has 1 aliphatic heterocycles. The minimum absolute atomic E-state index is 0.272. The van der Waals surface area contributed by atoms with Crippen LogP contribution in [0, 0.1) is 5.92 Å². The van der Waals surface area contributed by atoms with Crippen molar-refractivity contribution in [1.82, 2.24) is 9.80 Å². The van der Waals surface area contributed by atoms with Gasteiger partial charge in [0.25, 0.3) is 0 Å². The molecule has 122 valence electrons. The first-order chi connectivity index (χ1) is 10.2. The number of piperazine rings is 1. The number of carbonyl (C=O) groups is 1. The minimum Gasteiger partial charge on any atom is -0.389 e. The van der Waals surface area contributed by atoms with Gasteiger partial charge in [-0.15, -0.1) is 0 Å². The van der Waals surface area contributed by atoms with Crippen molar-refractivity contribution in [3.8, 4) is 0 Å². The zero-order valence-corrected chi connectivity index (χ0v) is 13.3. The molecule has 1 amide bonds. The molecule has 21 heavy (non-hydrogen) atoms. The topological polar surface area (TPSA) is 53.0 Å². The number of amides is 1. The van der Waals surface area contributed by atoms with Crippen LogP contribution in [0.1, 0.15) is 39.0 Å². The lowest BCUT2D eigenvalue weighted by molar-refractivity contribution is -0.138. The smallest absolute Gasteiger partial charge is 0.225 e. The summed E-state index contributed by atoms with van der Waals surface area (Å²) in [5, 5.41) is 9.86. The van der Waals surface area contributed by atoms with Crippen molar-refractivity contribution in [2.45, 2.75) is 45.1 Å². The summed E-state index contributed by atoms with van der Waals surface area (Å²) in [5.74, 6) is 0.637. The number of nitrogens with zero attached hydrogens (tertiary/aromatic N) is 2. The molecule has 0 spiro atoms. The van der Waals surface area contributed by atoms with Crippen molar-refractivity contribution >= 4 is 5.91 Å². The van der Waals surface area contributed by atoms with Crippen LogP contribution in [0.15, 0.2) is 0 Å². The van der Waals surface area contributed by atoms with E-state index in [1.165, 1.54) is 19.3 Å². The number of aliphatic hydroxyl groups excluding tert-OH is 1. The van der Waals surface area contributed by atoms with Crippen LogP contribution in [0.5, 0.6) is 0 Å². The molecule has 5 nitrogen and oxygen atoms in total. The molecule has 0 radical (unpaired) electrons. The molecule has 1 heterocycles. The van der Waals surface area contributed by atoms with Gasteiger partial charge in [0.15, 0.2) is 0 Å². The third kappa shape index (κ3) is 5.24. The number of β-amino-alcohol motifs (C(OH)–C–C–N with tert-alkyl or cyclic N) is 1. The molecule has 1 N–H and O–H groups in total. The SMILES string of the molecule is CCOC[C@@H](O)CN1CCN(C(=O)C2CCCCC2)CC1. The third-order valence-corrected chi connectivity index (χ3v) is 4.62. The largest absolute Gasteiger partial charge is 0.389 e. The Bertz CT molecular complexity index is 311. The zero-order chi connectivity index (χ0) is 15.1. The monoisotopic (exact) mass is 298 g/mol. The van der Waals surface area contributed by atoms with Gasteiger partial charge in [-0.3, -0.25) is 9.69 Å². The summed E-state index contributed by atoms with van der Waals surface area (Å²) in [6.45, 7) is 6.95. The van der Waals surface area contributed by atoms with Crippen molar-refractivity contribution in [1.29, 1.82) is 0 Å². The molecule has 0 aromatic carbocycles. The first-order valence-electron chi connectivity index (χ1n) is 8.47. The Labute approximate surface area is 128 Å². The summed E-state index contributed by atoms with van der Waals surface area (Å²) in [5.41, 5.74) is 0. The number of hydrogen-bond acceptors (Lipinski definition) is 4. The van der Waals surface area contributed by atoms with E-state index in [1.54, 1.807) is 0 Å². The van der Waals surface area contributed by atoms with Crippen LogP contribution >= 0.6 is 0 Å². The molecule has 1 saturated heterocycles. The molecule has 1 saturated carbocycles.